The first-order valence-electron chi connectivity index (χ1n) is 8.15. The van der Waals surface area contributed by atoms with Crippen molar-refractivity contribution < 1.29 is 4.42 Å². The summed E-state index contributed by atoms with van der Waals surface area (Å²) in [6.45, 7) is 0. The molecule has 0 aliphatic heterocycles. The van der Waals surface area contributed by atoms with E-state index in [1.807, 2.05) is 6.07 Å². The van der Waals surface area contributed by atoms with E-state index in [9.17, 15) is 0 Å². The summed E-state index contributed by atoms with van der Waals surface area (Å²) in [4.78, 5) is 4.31. The molecule has 3 rings (SSSR count). The van der Waals surface area contributed by atoms with Gasteiger partial charge < -0.3 is 14.2 Å². The quantitative estimate of drug-likeness (QED) is 0.685. The van der Waals surface area contributed by atoms with Gasteiger partial charge in [-0.25, -0.2) is 0 Å². The van der Waals surface area contributed by atoms with E-state index in [1.165, 1.54) is 22.5 Å². The van der Waals surface area contributed by atoms with Crippen LogP contribution in [-0.2, 0) is 0 Å². The third kappa shape index (κ3) is 3.02. The Kier molecular flexibility index (Phi) is 4.61. The molecule has 24 heavy (non-hydrogen) atoms. The average molecular weight is 320 g/mol. The maximum Gasteiger partial charge on any atom is 0.115 e. The van der Waals surface area contributed by atoms with Gasteiger partial charge in [0.05, 0.1) is 12.2 Å². The van der Waals surface area contributed by atoms with Crippen LogP contribution in [0.1, 0.15) is 22.8 Å². The zero-order chi connectivity index (χ0) is 17.1. The molecular weight excluding hydrogens is 296 g/mol. The Morgan fingerprint density at radius 1 is 0.667 bits per heavy atom. The van der Waals surface area contributed by atoms with Crippen LogP contribution >= 0.6 is 0 Å². The van der Waals surface area contributed by atoms with Gasteiger partial charge in [-0.1, -0.05) is 36.4 Å². The highest BCUT2D eigenvalue weighted by atomic mass is 16.3. The van der Waals surface area contributed by atoms with Crippen molar-refractivity contribution in [3.05, 3.63) is 83.8 Å². The third-order valence-electron chi connectivity index (χ3n) is 4.29. The van der Waals surface area contributed by atoms with E-state index in [0.29, 0.717) is 0 Å². The molecule has 3 heteroatoms. The molecule has 0 N–H and O–H groups in total. The van der Waals surface area contributed by atoms with Gasteiger partial charge in [0.1, 0.15) is 5.76 Å². The zero-order valence-corrected chi connectivity index (χ0v) is 14.7. The van der Waals surface area contributed by atoms with E-state index in [-0.39, 0.29) is 5.92 Å². The Bertz CT molecular complexity index is 740. The highest BCUT2D eigenvalue weighted by molar-refractivity contribution is 5.64. The lowest BCUT2D eigenvalue weighted by Crippen LogP contribution is -2.17. The molecule has 1 aromatic heterocycles. The molecule has 124 valence electrons. The zero-order valence-electron chi connectivity index (χ0n) is 14.7. The SMILES string of the molecule is CN(C)c1ccccc1C(c1ccco1)c1ccccc1N(C)C. The van der Waals surface area contributed by atoms with Crippen molar-refractivity contribution in [1.82, 2.24) is 0 Å². The van der Waals surface area contributed by atoms with E-state index >= 15 is 0 Å². The second-order valence-corrected chi connectivity index (χ2v) is 6.35. The fourth-order valence-corrected chi connectivity index (χ4v) is 3.21. The lowest BCUT2D eigenvalue weighted by Gasteiger charge is -2.27. The topological polar surface area (TPSA) is 19.6 Å². The highest BCUT2D eigenvalue weighted by Gasteiger charge is 2.25. The van der Waals surface area contributed by atoms with Crippen molar-refractivity contribution in [3.63, 3.8) is 0 Å². The number of furan rings is 1. The van der Waals surface area contributed by atoms with Crippen LogP contribution in [0, 0.1) is 0 Å². The molecular formula is C21H24N2O. The Morgan fingerprint density at radius 3 is 1.58 bits per heavy atom. The molecule has 3 nitrogen and oxygen atoms in total. The average Bonchev–Trinajstić information content (AvgIpc) is 3.10. The summed E-state index contributed by atoms with van der Waals surface area (Å²) in [5, 5.41) is 0. The molecule has 3 aromatic rings. The molecule has 0 saturated carbocycles. The molecule has 0 amide bonds. The molecule has 1 heterocycles. The molecule has 0 bridgehead atoms. The standard InChI is InChI=1S/C21H24N2O/c1-22(2)18-12-7-5-10-16(18)21(20-14-9-15-24-20)17-11-6-8-13-19(17)23(3)4/h5-15,21H,1-4H3. The van der Waals surface area contributed by atoms with Crippen LogP contribution in [0.3, 0.4) is 0 Å². The van der Waals surface area contributed by atoms with Gasteiger partial charge in [0, 0.05) is 39.6 Å². The maximum absolute atomic E-state index is 5.84. The summed E-state index contributed by atoms with van der Waals surface area (Å²) in [6.07, 6.45) is 1.75. The molecule has 0 atom stereocenters. The normalized spacial score (nSPS) is 10.9. The molecule has 0 spiro atoms. The minimum absolute atomic E-state index is 0.0530. The van der Waals surface area contributed by atoms with Crippen molar-refractivity contribution in [1.29, 1.82) is 0 Å². The fraction of sp³-hybridized carbons (Fsp3) is 0.238. The van der Waals surface area contributed by atoms with Gasteiger partial charge in [0.25, 0.3) is 0 Å². The van der Waals surface area contributed by atoms with Gasteiger partial charge in [0.15, 0.2) is 0 Å². The summed E-state index contributed by atoms with van der Waals surface area (Å²) >= 11 is 0. The molecule has 0 unspecified atom stereocenters. The number of anilines is 2. The van der Waals surface area contributed by atoms with Crippen LogP contribution < -0.4 is 9.80 Å². The fourth-order valence-electron chi connectivity index (χ4n) is 3.21. The van der Waals surface area contributed by atoms with Crippen LogP contribution in [0.4, 0.5) is 11.4 Å². The number of nitrogens with zero attached hydrogens (tertiary/aromatic N) is 2. The number of hydrogen-bond donors (Lipinski definition) is 0. The lowest BCUT2D eigenvalue weighted by molar-refractivity contribution is 0.503. The van der Waals surface area contributed by atoms with E-state index in [2.05, 4.69) is 92.6 Å². The van der Waals surface area contributed by atoms with Crippen LogP contribution in [0.25, 0.3) is 0 Å². The smallest absolute Gasteiger partial charge is 0.115 e. The van der Waals surface area contributed by atoms with Crippen molar-refractivity contribution in [2.45, 2.75) is 5.92 Å². The summed E-state index contributed by atoms with van der Waals surface area (Å²) in [6, 6.07) is 21.1. The van der Waals surface area contributed by atoms with Gasteiger partial charge >= 0.3 is 0 Å². The van der Waals surface area contributed by atoms with Crippen LogP contribution in [0.15, 0.2) is 71.3 Å². The van der Waals surface area contributed by atoms with Crippen molar-refractivity contribution in [2.75, 3.05) is 38.0 Å². The molecule has 0 saturated heterocycles. The second kappa shape index (κ2) is 6.83. The summed E-state index contributed by atoms with van der Waals surface area (Å²) in [5.41, 5.74) is 4.89. The Balaban J connectivity index is 2.24. The number of para-hydroxylation sites is 2. The van der Waals surface area contributed by atoms with Gasteiger partial charge in [-0.15, -0.1) is 0 Å². The summed E-state index contributed by atoms with van der Waals surface area (Å²) in [7, 11) is 8.32. The Morgan fingerprint density at radius 2 is 1.17 bits per heavy atom. The predicted octanol–water partition coefficient (Wildman–Crippen LogP) is 4.59. The number of benzene rings is 2. The molecule has 0 aliphatic carbocycles. The Labute approximate surface area is 144 Å². The van der Waals surface area contributed by atoms with Crippen LogP contribution in [0.2, 0.25) is 0 Å². The Hall–Kier alpha value is -2.68. The number of rotatable bonds is 5. The van der Waals surface area contributed by atoms with Crippen molar-refractivity contribution in [3.8, 4) is 0 Å². The van der Waals surface area contributed by atoms with Crippen LogP contribution in [-0.4, -0.2) is 28.2 Å². The molecule has 2 aromatic carbocycles. The predicted molar refractivity (Wildman–Crippen MR) is 101 cm³/mol. The summed E-state index contributed by atoms with van der Waals surface area (Å²) < 4.78 is 5.84. The maximum atomic E-state index is 5.84. The largest absolute Gasteiger partial charge is 0.468 e. The van der Waals surface area contributed by atoms with E-state index in [4.69, 9.17) is 4.42 Å². The molecule has 0 aliphatic rings. The number of hydrogen-bond acceptors (Lipinski definition) is 3. The van der Waals surface area contributed by atoms with Crippen molar-refractivity contribution >= 4 is 11.4 Å². The van der Waals surface area contributed by atoms with Gasteiger partial charge in [-0.2, -0.15) is 0 Å². The third-order valence-corrected chi connectivity index (χ3v) is 4.29. The minimum atomic E-state index is 0.0530. The monoisotopic (exact) mass is 320 g/mol. The van der Waals surface area contributed by atoms with Gasteiger partial charge in [-0.3, -0.25) is 0 Å². The first-order chi connectivity index (χ1) is 11.6. The van der Waals surface area contributed by atoms with E-state index in [0.717, 1.165) is 5.76 Å². The van der Waals surface area contributed by atoms with E-state index in [1.54, 1.807) is 6.26 Å². The summed E-state index contributed by atoms with van der Waals surface area (Å²) in [5.74, 6) is 1.01. The minimum Gasteiger partial charge on any atom is -0.468 e. The highest BCUT2D eigenvalue weighted by Crippen LogP contribution is 2.40. The van der Waals surface area contributed by atoms with Crippen molar-refractivity contribution in [2.24, 2.45) is 0 Å². The second-order valence-electron chi connectivity index (χ2n) is 6.35. The van der Waals surface area contributed by atoms with Crippen LogP contribution in [0.5, 0.6) is 0 Å². The first kappa shape index (κ1) is 16.2. The molecule has 0 fully saturated rings. The molecule has 0 radical (unpaired) electrons. The van der Waals surface area contributed by atoms with Gasteiger partial charge in [0.2, 0.25) is 0 Å². The lowest BCUT2D eigenvalue weighted by atomic mass is 9.86. The first-order valence-corrected chi connectivity index (χ1v) is 8.15. The van der Waals surface area contributed by atoms with Gasteiger partial charge in [-0.05, 0) is 35.4 Å². The van der Waals surface area contributed by atoms with E-state index < -0.39 is 0 Å².